The zero-order valence-electron chi connectivity index (χ0n) is 14.6. The molecule has 1 aromatic rings. The molecular formula is C17H22O9. The third-order valence-corrected chi connectivity index (χ3v) is 3.28. The van der Waals surface area contributed by atoms with Gasteiger partial charge in [0.15, 0.2) is 5.60 Å². The number of hydrogen-bond donors (Lipinski definition) is 5. The Balaban J connectivity index is 0.000000481. The van der Waals surface area contributed by atoms with Crippen molar-refractivity contribution in [2.24, 2.45) is 0 Å². The van der Waals surface area contributed by atoms with Crippen LogP contribution in [0.2, 0.25) is 0 Å². The van der Waals surface area contributed by atoms with Gasteiger partial charge in [0.1, 0.15) is 0 Å². The van der Waals surface area contributed by atoms with Crippen LogP contribution < -0.4 is 0 Å². The van der Waals surface area contributed by atoms with Crippen LogP contribution in [0.1, 0.15) is 49.5 Å². The van der Waals surface area contributed by atoms with Crippen LogP contribution >= 0.6 is 0 Å². The number of carboxylic acid groups (broad SMARTS) is 4. The Bertz CT molecular complexity index is 652. The first kappa shape index (κ1) is 23.1. The van der Waals surface area contributed by atoms with Crippen molar-refractivity contribution in [2.45, 2.75) is 44.6 Å². The molecule has 0 bridgehead atoms. The Kier molecular flexibility index (Phi) is 7.94. The zero-order valence-corrected chi connectivity index (χ0v) is 14.6. The molecule has 0 aliphatic heterocycles. The molecule has 0 saturated heterocycles. The second-order valence-corrected chi connectivity index (χ2v) is 6.61. The molecule has 26 heavy (non-hydrogen) atoms. The minimum Gasteiger partial charge on any atom is -0.481 e. The SMILES string of the molecule is CC(C)(C)c1ccc(C(=O)O)cc1.O=C(O)CC(O)(CC(=O)O)C(=O)O. The Labute approximate surface area is 149 Å². The van der Waals surface area contributed by atoms with Crippen molar-refractivity contribution in [1.29, 1.82) is 0 Å². The molecule has 0 heterocycles. The summed E-state index contributed by atoms with van der Waals surface area (Å²) in [6.45, 7) is 6.30. The van der Waals surface area contributed by atoms with Crippen LogP contribution in [-0.2, 0) is 19.8 Å². The Hall–Kier alpha value is -2.94. The molecule has 1 rings (SSSR count). The standard InChI is InChI=1S/C11H14O2.C6H8O7/c1-11(2,3)9-6-4-8(5-7-9)10(12)13;7-3(8)1-6(13,5(11)12)2-4(9)10/h4-7H,1-3H3,(H,12,13);13H,1-2H2,(H,7,8)(H,9,10)(H,11,12). The lowest BCUT2D eigenvalue weighted by Crippen LogP contribution is -2.42. The number of aromatic carboxylic acids is 1. The number of rotatable bonds is 6. The van der Waals surface area contributed by atoms with E-state index >= 15 is 0 Å². The predicted molar refractivity (Wildman–Crippen MR) is 89.2 cm³/mol. The van der Waals surface area contributed by atoms with Gasteiger partial charge in [-0.2, -0.15) is 0 Å². The third-order valence-electron chi connectivity index (χ3n) is 3.28. The summed E-state index contributed by atoms with van der Waals surface area (Å²) in [5.74, 6) is -5.89. The summed E-state index contributed by atoms with van der Waals surface area (Å²) in [4.78, 5) is 41.0. The molecule has 9 heteroatoms. The van der Waals surface area contributed by atoms with Gasteiger partial charge in [-0.3, -0.25) is 9.59 Å². The lowest BCUT2D eigenvalue weighted by molar-refractivity contribution is -0.170. The van der Waals surface area contributed by atoms with Crippen molar-refractivity contribution in [3.05, 3.63) is 35.4 Å². The topological polar surface area (TPSA) is 169 Å². The maximum atomic E-state index is 10.6. The van der Waals surface area contributed by atoms with E-state index in [1.807, 2.05) is 12.1 Å². The van der Waals surface area contributed by atoms with Gasteiger partial charge in [-0.15, -0.1) is 0 Å². The van der Waals surface area contributed by atoms with E-state index < -0.39 is 42.3 Å². The first-order valence-corrected chi connectivity index (χ1v) is 7.42. The summed E-state index contributed by atoms with van der Waals surface area (Å²) < 4.78 is 0. The molecule has 9 nitrogen and oxygen atoms in total. The molecule has 0 aliphatic rings. The summed E-state index contributed by atoms with van der Waals surface area (Å²) in [7, 11) is 0. The molecule has 0 unspecified atom stereocenters. The van der Waals surface area contributed by atoms with Gasteiger partial charge in [0.25, 0.3) is 0 Å². The summed E-state index contributed by atoms with van der Waals surface area (Å²) >= 11 is 0. The minimum absolute atomic E-state index is 0.0804. The average molecular weight is 370 g/mol. The predicted octanol–water partition coefficient (Wildman–Crippen LogP) is 1.43. The maximum Gasteiger partial charge on any atom is 0.336 e. The smallest absolute Gasteiger partial charge is 0.336 e. The maximum absolute atomic E-state index is 10.6. The van der Waals surface area contributed by atoms with Crippen LogP contribution in [0.15, 0.2) is 24.3 Å². The average Bonchev–Trinajstić information content (AvgIpc) is 2.45. The molecule has 0 radical (unpaired) electrons. The molecule has 0 atom stereocenters. The fourth-order valence-electron chi connectivity index (χ4n) is 1.83. The van der Waals surface area contributed by atoms with Gasteiger partial charge in [-0.05, 0) is 23.1 Å². The van der Waals surface area contributed by atoms with Crippen molar-refractivity contribution in [2.75, 3.05) is 0 Å². The Morgan fingerprint density at radius 1 is 0.808 bits per heavy atom. The lowest BCUT2D eigenvalue weighted by Gasteiger charge is -2.18. The van der Waals surface area contributed by atoms with Crippen LogP contribution in [0.3, 0.4) is 0 Å². The van der Waals surface area contributed by atoms with Gasteiger partial charge in [0, 0.05) is 0 Å². The van der Waals surface area contributed by atoms with E-state index in [0.29, 0.717) is 5.56 Å². The molecule has 1 aromatic carbocycles. The highest BCUT2D eigenvalue weighted by atomic mass is 16.4. The molecule has 0 fully saturated rings. The molecule has 0 spiro atoms. The normalized spacial score (nSPS) is 11.1. The summed E-state index contributed by atoms with van der Waals surface area (Å²) in [5.41, 5.74) is -1.17. The molecule has 0 aliphatic carbocycles. The second-order valence-electron chi connectivity index (χ2n) is 6.61. The van der Waals surface area contributed by atoms with Crippen LogP contribution in [0.4, 0.5) is 0 Å². The molecule has 0 aromatic heterocycles. The van der Waals surface area contributed by atoms with E-state index in [-0.39, 0.29) is 5.41 Å². The third kappa shape index (κ3) is 7.75. The van der Waals surface area contributed by atoms with Crippen molar-refractivity contribution in [1.82, 2.24) is 0 Å². The van der Waals surface area contributed by atoms with Gasteiger partial charge >= 0.3 is 23.9 Å². The van der Waals surface area contributed by atoms with Crippen LogP contribution in [0, 0.1) is 0 Å². The number of benzene rings is 1. The van der Waals surface area contributed by atoms with E-state index in [1.165, 1.54) is 0 Å². The lowest BCUT2D eigenvalue weighted by atomic mass is 9.87. The van der Waals surface area contributed by atoms with E-state index in [1.54, 1.807) is 12.1 Å². The van der Waals surface area contributed by atoms with E-state index in [4.69, 9.17) is 25.5 Å². The van der Waals surface area contributed by atoms with Gasteiger partial charge in [0.05, 0.1) is 18.4 Å². The van der Waals surface area contributed by atoms with E-state index in [2.05, 4.69) is 20.8 Å². The highest BCUT2D eigenvalue weighted by molar-refractivity contribution is 5.88. The minimum atomic E-state index is -2.74. The number of aliphatic carboxylic acids is 3. The van der Waals surface area contributed by atoms with Crippen LogP contribution in [-0.4, -0.2) is 55.0 Å². The second kappa shape index (κ2) is 8.95. The van der Waals surface area contributed by atoms with Gasteiger partial charge < -0.3 is 25.5 Å². The largest absolute Gasteiger partial charge is 0.481 e. The van der Waals surface area contributed by atoms with Crippen molar-refractivity contribution in [3.8, 4) is 0 Å². The monoisotopic (exact) mass is 370 g/mol. The molecule has 5 N–H and O–H groups in total. The first-order chi connectivity index (χ1) is 11.7. The number of hydrogen-bond acceptors (Lipinski definition) is 5. The van der Waals surface area contributed by atoms with Crippen LogP contribution in [0.25, 0.3) is 0 Å². The van der Waals surface area contributed by atoms with Gasteiger partial charge in [-0.1, -0.05) is 32.9 Å². The van der Waals surface area contributed by atoms with Crippen molar-refractivity contribution < 1.29 is 44.7 Å². The number of aliphatic hydroxyl groups is 1. The summed E-state index contributed by atoms with van der Waals surface area (Å²) in [6, 6.07) is 7.01. The molecule has 144 valence electrons. The molecule has 0 amide bonds. The van der Waals surface area contributed by atoms with Gasteiger partial charge in [-0.25, -0.2) is 9.59 Å². The highest BCUT2D eigenvalue weighted by Gasteiger charge is 2.40. The van der Waals surface area contributed by atoms with E-state index in [9.17, 15) is 19.2 Å². The first-order valence-electron chi connectivity index (χ1n) is 7.42. The van der Waals surface area contributed by atoms with Crippen molar-refractivity contribution >= 4 is 23.9 Å². The number of carbonyl (C=O) groups is 4. The van der Waals surface area contributed by atoms with Gasteiger partial charge in [0.2, 0.25) is 0 Å². The fourth-order valence-corrected chi connectivity index (χ4v) is 1.83. The highest BCUT2D eigenvalue weighted by Crippen LogP contribution is 2.22. The molecular weight excluding hydrogens is 348 g/mol. The quantitative estimate of drug-likeness (QED) is 0.497. The van der Waals surface area contributed by atoms with Crippen LogP contribution in [0.5, 0.6) is 0 Å². The Morgan fingerprint density at radius 3 is 1.42 bits per heavy atom. The van der Waals surface area contributed by atoms with E-state index in [0.717, 1.165) is 5.56 Å². The Morgan fingerprint density at radius 2 is 1.19 bits per heavy atom. The van der Waals surface area contributed by atoms with Crippen molar-refractivity contribution in [3.63, 3.8) is 0 Å². The molecule has 0 saturated carbocycles. The fraction of sp³-hybridized carbons (Fsp3) is 0.412. The summed E-state index contributed by atoms with van der Waals surface area (Å²) in [5, 5.41) is 42.5. The summed E-state index contributed by atoms with van der Waals surface area (Å²) in [6.07, 6.45) is -2.29. The number of carboxylic acids is 4. The zero-order chi connectivity index (χ0) is 20.7.